The largest absolute Gasteiger partial charge is 0.416 e. The number of hydrogen-bond acceptors (Lipinski definition) is 2. The molecule has 0 saturated carbocycles. The third-order valence-electron chi connectivity index (χ3n) is 2.97. The summed E-state index contributed by atoms with van der Waals surface area (Å²) in [7, 11) is 0. The van der Waals surface area contributed by atoms with Gasteiger partial charge in [0.15, 0.2) is 17.5 Å². The Hall–Kier alpha value is -2.71. The monoisotopic (exact) mass is 348 g/mol. The van der Waals surface area contributed by atoms with Crippen molar-refractivity contribution in [1.82, 2.24) is 0 Å². The number of alkyl halides is 3. The number of carbonyl (C=O) groups is 1. The van der Waals surface area contributed by atoms with Gasteiger partial charge >= 0.3 is 6.18 Å². The van der Waals surface area contributed by atoms with Crippen molar-refractivity contribution < 1.29 is 31.1 Å². The molecule has 9 heteroatoms. The Kier molecular flexibility index (Phi) is 5.01. The second-order valence-corrected chi connectivity index (χ2v) is 4.70. The molecule has 0 atom stereocenters. The van der Waals surface area contributed by atoms with Crippen LogP contribution < -0.4 is 10.6 Å². The molecule has 24 heavy (non-hydrogen) atoms. The van der Waals surface area contributed by atoms with E-state index in [1.165, 1.54) is 0 Å². The van der Waals surface area contributed by atoms with Crippen molar-refractivity contribution in [3.63, 3.8) is 0 Å². The van der Waals surface area contributed by atoms with E-state index in [4.69, 9.17) is 0 Å². The molecule has 2 aromatic carbocycles. The first-order chi connectivity index (χ1) is 11.2. The van der Waals surface area contributed by atoms with Crippen LogP contribution >= 0.6 is 0 Å². The number of halogens is 6. The molecule has 2 rings (SSSR count). The van der Waals surface area contributed by atoms with E-state index in [9.17, 15) is 31.1 Å². The maximum absolute atomic E-state index is 13.4. The summed E-state index contributed by atoms with van der Waals surface area (Å²) in [5.74, 6) is -5.45. The summed E-state index contributed by atoms with van der Waals surface area (Å²) in [5, 5.41) is 4.54. The molecule has 2 N–H and O–H groups in total. The van der Waals surface area contributed by atoms with Gasteiger partial charge in [-0.25, -0.2) is 13.2 Å². The quantitative estimate of drug-likeness (QED) is 0.643. The van der Waals surface area contributed by atoms with Crippen molar-refractivity contribution in [3.05, 3.63) is 59.4 Å². The minimum Gasteiger partial charge on any atom is -0.376 e. The SMILES string of the molecule is O=C(CNc1ccc(C(F)(F)F)cc1)Nc1ccc(F)c(F)c1F. The van der Waals surface area contributed by atoms with Crippen molar-refractivity contribution in [2.75, 3.05) is 17.2 Å². The molecule has 0 fully saturated rings. The second-order valence-electron chi connectivity index (χ2n) is 4.70. The highest BCUT2D eigenvalue weighted by atomic mass is 19.4. The molecule has 0 unspecified atom stereocenters. The molecule has 0 aromatic heterocycles. The van der Waals surface area contributed by atoms with Crippen molar-refractivity contribution in [2.24, 2.45) is 0 Å². The van der Waals surface area contributed by atoms with Gasteiger partial charge in [0.05, 0.1) is 17.8 Å². The number of hydrogen-bond donors (Lipinski definition) is 2. The maximum atomic E-state index is 13.4. The number of carbonyl (C=O) groups excluding carboxylic acids is 1. The van der Waals surface area contributed by atoms with Gasteiger partial charge in [-0.15, -0.1) is 0 Å². The molecule has 0 aliphatic carbocycles. The maximum Gasteiger partial charge on any atom is 0.416 e. The van der Waals surface area contributed by atoms with Crippen LogP contribution in [0.5, 0.6) is 0 Å². The van der Waals surface area contributed by atoms with Gasteiger partial charge in [-0.3, -0.25) is 4.79 Å². The van der Waals surface area contributed by atoms with Crippen molar-refractivity contribution in [2.45, 2.75) is 6.18 Å². The van der Waals surface area contributed by atoms with Gasteiger partial charge < -0.3 is 10.6 Å². The Morgan fingerprint density at radius 1 is 0.917 bits per heavy atom. The highest BCUT2D eigenvalue weighted by Crippen LogP contribution is 2.29. The third kappa shape index (κ3) is 4.18. The van der Waals surface area contributed by atoms with Crippen LogP contribution in [0.1, 0.15) is 5.56 Å². The van der Waals surface area contributed by atoms with Crippen LogP contribution in [-0.4, -0.2) is 12.5 Å². The van der Waals surface area contributed by atoms with E-state index in [1.54, 1.807) is 0 Å². The number of anilines is 2. The van der Waals surface area contributed by atoms with Gasteiger partial charge in [-0.05, 0) is 36.4 Å². The van der Waals surface area contributed by atoms with Crippen LogP contribution in [-0.2, 0) is 11.0 Å². The molecule has 0 spiro atoms. The van der Waals surface area contributed by atoms with E-state index in [0.29, 0.717) is 6.07 Å². The average Bonchev–Trinajstić information content (AvgIpc) is 2.53. The van der Waals surface area contributed by atoms with Gasteiger partial charge in [0.25, 0.3) is 0 Å². The first-order valence-corrected chi connectivity index (χ1v) is 6.53. The standard InChI is InChI=1S/C15H10F6N2O/c16-10-5-6-11(14(18)13(10)17)23-12(24)7-22-9-3-1-8(2-4-9)15(19,20)21/h1-6,22H,7H2,(H,23,24). The Morgan fingerprint density at radius 2 is 1.54 bits per heavy atom. The molecule has 1 amide bonds. The van der Waals surface area contributed by atoms with E-state index in [1.807, 2.05) is 5.32 Å². The molecule has 2 aromatic rings. The molecule has 3 nitrogen and oxygen atoms in total. The van der Waals surface area contributed by atoms with Crippen LogP contribution in [0.15, 0.2) is 36.4 Å². The summed E-state index contributed by atoms with van der Waals surface area (Å²) in [6.45, 7) is -0.413. The first-order valence-electron chi connectivity index (χ1n) is 6.53. The molecule has 0 bridgehead atoms. The topological polar surface area (TPSA) is 41.1 Å². The number of benzene rings is 2. The van der Waals surface area contributed by atoms with E-state index in [0.717, 1.165) is 30.3 Å². The highest BCUT2D eigenvalue weighted by Gasteiger charge is 2.29. The number of rotatable bonds is 4. The van der Waals surface area contributed by atoms with Crippen LogP contribution in [0.25, 0.3) is 0 Å². The van der Waals surface area contributed by atoms with Crippen LogP contribution in [0.3, 0.4) is 0 Å². The van der Waals surface area contributed by atoms with E-state index >= 15 is 0 Å². The van der Waals surface area contributed by atoms with Gasteiger partial charge in [0.2, 0.25) is 5.91 Å². The van der Waals surface area contributed by atoms with Crippen LogP contribution in [0.2, 0.25) is 0 Å². The summed E-state index contributed by atoms with van der Waals surface area (Å²) in [4.78, 5) is 11.6. The summed E-state index contributed by atoms with van der Waals surface area (Å²) in [6.07, 6.45) is -4.47. The minimum absolute atomic E-state index is 0.226. The fraction of sp³-hybridized carbons (Fsp3) is 0.133. The van der Waals surface area contributed by atoms with Gasteiger partial charge in [0.1, 0.15) is 0 Å². The lowest BCUT2D eigenvalue weighted by Crippen LogP contribution is -2.22. The van der Waals surface area contributed by atoms with Crippen molar-refractivity contribution in [3.8, 4) is 0 Å². The Morgan fingerprint density at radius 3 is 2.12 bits per heavy atom. The molecule has 0 saturated heterocycles. The van der Waals surface area contributed by atoms with Crippen molar-refractivity contribution >= 4 is 17.3 Å². The normalized spacial score (nSPS) is 11.2. The lowest BCUT2D eigenvalue weighted by Gasteiger charge is -2.10. The summed E-state index contributed by atoms with van der Waals surface area (Å²) in [5.41, 5.74) is -1.17. The van der Waals surface area contributed by atoms with E-state index in [-0.39, 0.29) is 5.69 Å². The Labute approximate surface area is 132 Å². The third-order valence-corrected chi connectivity index (χ3v) is 2.97. The first kappa shape index (κ1) is 17.6. The zero-order valence-electron chi connectivity index (χ0n) is 11.8. The molecule has 0 heterocycles. The summed E-state index contributed by atoms with van der Waals surface area (Å²) >= 11 is 0. The van der Waals surface area contributed by atoms with E-state index < -0.39 is 47.3 Å². The molecular weight excluding hydrogens is 338 g/mol. The fourth-order valence-corrected chi connectivity index (χ4v) is 1.78. The summed E-state index contributed by atoms with van der Waals surface area (Å²) in [6, 6.07) is 5.40. The van der Waals surface area contributed by atoms with Crippen molar-refractivity contribution in [1.29, 1.82) is 0 Å². The molecule has 128 valence electrons. The smallest absolute Gasteiger partial charge is 0.376 e. The average molecular weight is 348 g/mol. The van der Waals surface area contributed by atoms with Gasteiger partial charge in [-0.2, -0.15) is 13.2 Å². The Balaban J connectivity index is 1.95. The lowest BCUT2D eigenvalue weighted by atomic mass is 10.2. The van der Waals surface area contributed by atoms with Crippen LogP contribution in [0.4, 0.5) is 37.7 Å². The molecule has 0 aliphatic rings. The lowest BCUT2D eigenvalue weighted by molar-refractivity contribution is -0.137. The predicted octanol–water partition coefficient (Wildman–Crippen LogP) is 4.17. The zero-order chi connectivity index (χ0) is 17.9. The Bertz CT molecular complexity index is 743. The predicted molar refractivity (Wildman–Crippen MR) is 74.9 cm³/mol. The molecule has 0 radical (unpaired) electrons. The summed E-state index contributed by atoms with van der Waals surface area (Å²) < 4.78 is 76.4. The van der Waals surface area contributed by atoms with E-state index in [2.05, 4.69) is 5.32 Å². The fourth-order valence-electron chi connectivity index (χ4n) is 1.78. The zero-order valence-corrected chi connectivity index (χ0v) is 11.8. The van der Waals surface area contributed by atoms with Gasteiger partial charge in [-0.1, -0.05) is 0 Å². The molecule has 0 aliphatic heterocycles. The highest BCUT2D eigenvalue weighted by molar-refractivity contribution is 5.93. The number of amides is 1. The minimum atomic E-state index is -4.47. The molecular formula is C15H10F6N2O. The van der Waals surface area contributed by atoms with Crippen LogP contribution in [0, 0.1) is 17.5 Å². The second kappa shape index (κ2) is 6.81. The number of nitrogens with one attached hydrogen (secondary N) is 2. The van der Waals surface area contributed by atoms with Gasteiger partial charge in [0, 0.05) is 5.69 Å².